The lowest BCUT2D eigenvalue weighted by atomic mass is 10.1. The van der Waals surface area contributed by atoms with E-state index in [2.05, 4.69) is 63.8 Å². The predicted octanol–water partition coefficient (Wildman–Crippen LogP) is 6.07. The van der Waals surface area contributed by atoms with Crippen LogP contribution in [0, 0.1) is 50.2 Å². The van der Waals surface area contributed by atoms with E-state index in [-0.39, 0.29) is 29.9 Å². The van der Waals surface area contributed by atoms with E-state index >= 15 is 0 Å². The molecular formula is C56H113N21O2. The minimum Gasteiger partial charge on any atom is -0.370 e. The Hall–Kier alpha value is -5.48. The van der Waals surface area contributed by atoms with Gasteiger partial charge < -0.3 is 68.7 Å². The molecule has 79 heavy (non-hydrogen) atoms. The number of nitrogens with zero attached hydrogens (tertiary/aromatic N) is 2. The van der Waals surface area contributed by atoms with Gasteiger partial charge in [0, 0.05) is 85.1 Å². The largest absolute Gasteiger partial charge is 0.370 e. The fourth-order valence-electron chi connectivity index (χ4n) is 8.98. The minimum absolute atomic E-state index is 0.00624. The summed E-state index contributed by atoms with van der Waals surface area (Å²) in [4.78, 5) is 30.5. The van der Waals surface area contributed by atoms with Gasteiger partial charge in [-0.25, -0.2) is 9.59 Å². The van der Waals surface area contributed by atoms with E-state index in [0.717, 1.165) is 205 Å². The minimum atomic E-state index is -0.268. The van der Waals surface area contributed by atoms with Crippen molar-refractivity contribution in [2.45, 2.75) is 193 Å². The van der Waals surface area contributed by atoms with Gasteiger partial charge in [-0.3, -0.25) is 43.1 Å². The summed E-state index contributed by atoms with van der Waals surface area (Å²) < 4.78 is 0. The SMILES string of the molecule is N=C(N)NCCCCCCN(CCCCCCNC(=N)NCC1CC1)C(=O)NC(=N)NCCCCCCN(CCCCCCNC(=N)NCC1CC1)C(=O)NC(=N)NCCCCCCNCCCCCCNC(=N)NCC1CC1. The van der Waals surface area contributed by atoms with Crippen LogP contribution in [0.2, 0.25) is 0 Å². The van der Waals surface area contributed by atoms with Crippen molar-refractivity contribution < 1.29 is 9.59 Å². The van der Waals surface area contributed by atoms with Gasteiger partial charge in [0.15, 0.2) is 35.8 Å². The lowest BCUT2D eigenvalue weighted by Crippen LogP contribution is -2.48. The Morgan fingerprint density at radius 2 is 0.557 bits per heavy atom. The summed E-state index contributed by atoms with van der Waals surface area (Å²) in [5.41, 5.74) is 5.40. The van der Waals surface area contributed by atoms with Gasteiger partial charge in [-0.1, -0.05) is 77.0 Å². The molecule has 0 saturated heterocycles. The van der Waals surface area contributed by atoms with Crippen molar-refractivity contribution in [3.63, 3.8) is 0 Å². The molecule has 3 aliphatic carbocycles. The first-order valence-corrected chi connectivity index (χ1v) is 31.2. The first kappa shape index (κ1) is 67.8. The Bertz CT molecular complexity index is 1690. The Morgan fingerprint density at radius 1 is 0.316 bits per heavy atom. The molecule has 23 nitrogen and oxygen atoms in total. The summed E-state index contributed by atoms with van der Waals surface area (Å²) in [7, 11) is 0. The summed E-state index contributed by atoms with van der Waals surface area (Å²) in [6, 6.07) is -0.520. The number of carbonyl (C=O) groups excluding carboxylic acids is 2. The Labute approximate surface area is 476 Å². The number of rotatable bonds is 48. The molecule has 0 spiro atoms. The van der Waals surface area contributed by atoms with Crippen molar-refractivity contribution in [1.82, 2.24) is 73.6 Å². The smallest absolute Gasteiger partial charge is 0.324 e. The Kier molecular flexibility index (Phi) is 38.9. The summed E-state index contributed by atoms with van der Waals surface area (Å²) in [6.45, 7) is 11.4. The molecule has 0 bridgehead atoms. The van der Waals surface area contributed by atoms with Crippen molar-refractivity contribution in [3.8, 4) is 0 Å². The van der Waals surface area contributed by atoms with E-state index in [4.69, 9.17) is 38.2 Å². The lowest BCUT2D eigenvalue weighted by Gasteiger charge is -2.24. The molecule has 0 unspecified atom stereocenters. The molecule has 3 saturated carbocycles. The van der Waals surface area contributed by atoms with Gasteiger partial charge in [0.05, 0.1) is 0 Å². The van der Waals surface area contributed by atoms with Crippen molar-refractivity contribution in [2.75, 3.05) is 98.2 Å². The molecule has 20 N–H and O–H groups in total. The fraction of sp³-hybridized carbons (Fsp3) is 0.857. The second kappa shape index (κ2) is 45.3. The Morgan fingerprint density at radius 3 is 0.823 bits per heavy atom. The summed E-state index contributed by atoms with van der Waals surface area (Å²) in [5, 5.41) is 85.4. The topological polar surface area (TPSA) is 354 Å². The number of urea groups is 2. The standard InChI is InChI=1S/C56H113N21O2/c57-49(58)65-33-15-5-9-21-39-76(40-22-10-6-18-35-67-51(60)72-44-47-27-28-47)56(79)75-54(63)70-38-20-8-12-24-42-77(41-23-11-7-19-36-68-52(61)73-45-48-29-30-48)55(78)74-53(62)69-37-17-4-2-14-32-64-31-13-1-3-16-34-66-50(59)71-43-46-25-26-46/h46-48,64H,1-45H2,(H4,57,58,65)(H3,59,66,71)(H3,60,67,72)(H3,61,68,73)(H3,62,69,74,78)(H3,63,70,75,79). The van der Waals surface area contributed by atoms with Gasteiger partial charge in [-0.15, -0.1) is 0 Å². The van der Waals surface area contributed by atoms with Crippen LogP contribution in [0.1, 0.15) is 193 Å². The van der Waals surface area contributed by atoms with Crippen LogP contribution < -0.4 is 69.5 Å². The molecule has 3 fully saturated rings. The molecule has 0 aromatic rings. The molecule has 0 atom stereocenters. The monoisotopic (exact) mass is 1110 g/mol. The molecule has 0 aromatic carbocycles. The third-order valence-electron chi connectivity index (χ3n) is 14.6. The van der Waals surface area contributed by atoms with Gasteiger partial charge in [0.2, 0.25) is 0 Å². The molecule has 3 aliphatic rings. The van der Waals surface area contributed by atoms with Crippen LogP contribution in [0.4, 0.5) is 9.59 Å². The number of nitrogens with one attached hydrogen (secondary N) is 18. The highest BCUT2D eigenvalue weighted by Crippen LogP contribution is 2.28. The number of nitrogens with two attached hydrogens (primary N) is 1. The van der Waals surface area contributed by atoms with E-state index in [1.807, 2.05) is 9.80 Å². The van der Waals surface area contributed by atoms with Crippen LogP contribution in [0.3, 0.4) is 0 Å². The van der Waals surface area contributed by atoms with Crippen molar-refractivity contribution in [1.29, 1.82) is 32.5 Å². The van der Waals surface area contributed by atoms with E-state index < -0.39 is 0 Å². The third kappa shape index (κ3) is 42.1. The molecule has 454 valence electrons. The van der Waals surface area contributed by atoms with E-state index in [1.165, 1.54) is 57.8 Å². The highest BCUT2D eigenvalue weighted by molar-refractivity contribution is 5.95. The van der Waals surface area contributed by atoms with Gasteiger partial charge in [0.25, 0.3) is 0 Å². The number of amides is 4. The van der Waals surface area contributed by atoms with Gasteiger partial charge in [-0.2, -0.15) is 0 Å². The summed E-state index contributed by atoms with van der Waals surface area (Å²) >= 11 is 0. The first-order valence-electron chi connectivity index (χ1n) is 31.2. The van der Waals surface area contributed by atoms with Crippen molar-refractivity contribution >= 4 is 47.8 Å². The predicted molar refractivity (Wildman–Crippen MR) is 325 cm³/mol. The molecule has 0 radical (unpaired) electrons. The molecule has 0 aromatic heterocycles. The van der Waals surface area contributed by atoms with Crippen LogP contribution in [-0.4, -0.2) is 156 Å². The average molecular weight is 1110 g/mol. The van der Waals surface area contributed by atoms with Crippen LogP contribution in [0.25, 0.3) is 0 Å². The number of guanidine groups is 6. The molecule has 0 aliphatic heterocycles. The van der Waals surface area contributed by atoms with E-state index in [1.54, 1.807) is 0 Å². The highest BCUT2D eigenvalue weighted by Gasteiger charge is 2.23. The van der Waals surface area contributed by atoms with Gasteiger partial charge in [-0.05, 0) is 146 Å². The van der Waals surface area contributed by atoms with Crippen molar-refractivity contribution in [3.05, 3.63) is 0 Å². The number of unbranched alkanes of at least 4 members (excludes halogenated alkanes) is 18. The molecule has 3 rings (SSSR count). The second-order valence-electron chi connectivity index (χ2n) is 22.4. The average Bonchev–Trinajstić information content (AvgIpc) is 4.27. The Balaban J connectivity index is 1.27. The van der Waals surface area contributed by atoms with Gasteiger partial charge >= 0.3 is 12.1 Å². The number of hydrogen-bond donors (Lipinski definition) is 19. The quantitative estimate of drug-likeness (QED) is 0.0187. The normalized spacial score (nSPS) is 13.6. The second-order valence-corrected chi connectivity index (χ2v) is 22.4. The lowest BCUT2D eigenvalue weighted by molar-refractivity contribution is 0.199. The van der Waals surface area contributed by atoms with E-state index in [9.17, 15) is 9.59 Å². The van der Waals surface area contributed by atoms with Crippen LogP contribution in [-0.2, 0) is 0 Å². The fourth-order valence-corrected chi connectivity index (χ4v) is 8.98. The summed E-state index contributed by atoms with van der Waals surface area (Å²) in [5.74, 6) is 3.50. The zero-order chi connectivity index (χ0) is 56.8. The molecule has 4 amide bonds. The third-order valence-corrected chi connectivity index (χ3v) is 14.6. The first-order chi connectivity index (χ1) is 38.5. The number of carbonyl (C=O) groups is 2. The zero-order valence-electron chi connectivity index (χ0n) is 48.8. The highest BCUT2D eigenvalue weighted by atomic mass is 16.2. The van der Waals surface area contributed by atoms with Crippen LogP contribution >= 0.6 is 0 Å². The molecular weight excluding hydrogens is 999 g/mol. The van der Waals surface area contributed by atoms with Gasteiger partial charge in [0.1, 0.15) is 0 Å². The number of hydrogen-bond acceptors (Lipinski definition) is 9. The molecule has 23 heteroatoms. The van der Waals surface area contributed by atoms with E-state index in [0.29, 0.717) is 63.7 Å². The molecule has 0 heterocycles. The van der Waals surface area contributed by atoms with Crippen LogP contribution in [0.5, 0.6) is 0 Å². The van der Waals surface area contributed by atoms with Crippen LogP contribution in [0.15, 0.2) is 0 Å². The zero-order valence-corrected chi connectivity index (χ0v) is 48.8. The van der Waals surface area contributed by atoms with Crippen molar-refractivity contribution in [2.24, 2.45) is 23.5 Å². The maximum Gasteiger partial charge on any atom is 0.324 e. The maximum atomic E-state index is 13.5. The summed E-state index contributed by atoms with van der Waals surface area (Å²) in [6.07, 6.45) is 31.2. The maximum absolute atomic E-state index is 13.5.